The molecule has 1 fully saturated rings. The van der Waals surface area contributed by atoms with Gasteiger partial charge in [-0.05, 0) is 44.2 Å². The molecule has 0 amide bonds. The van der Waals surface area contributed by atoms with E-state index in [1.165, 1.54) is 6.42 Å². The number of imidazole rings is 1. The average molecular weight is 313 g/mol. The first-order valence-corrected chi connectivity index (χ1v) is 8.59. The van der Waals surface area contributed by atoms with Gasteiger partial charge in [0.15, 0.2) is 0 Å². The highest BCUT2D eigenvalue weighted by atomic mass is 16.1. The summed E-state index contributed by atoms with van der Waals surface area (Å²) < 4.78 is 3.81. The van der Waals surface area contributed by atoms with Gasteiger partial charge in [-0.3, -0.25) is 9.69 Å². The van der Waals surface area contributed by atoms with Crippen LogP contribution in [0.15, 0.2) is 29.6 Å². The largest absolute Gasteiger partial charge is 0.336 e. The average Bonchev–Trinajstić information content (AvgIpc) is 3.26. The lowest BCUT2D eigenvalue weighted by molar-refractivity contribution is 0.216. The van der Waals surface area contributed by atoms with Crippen molar-refractivity contribution in [3.05, 3.63) is 46.4 Å². The molecular weight excluding hydrogens is 290 g/mol. The molecule has 3 heterocycles. The molecule has 23 heavy (non-hydrogen) atoms. The van der Waals surface area contributed by atoms with Crippen molar-refractivity contribution in [1.29, 1.82) is 0 Å². The quantitative estimate of drug-likeness (QED) is 0.829. The van der Waals surface area contributed by atoms with Crippen LogP contribution in [-0.4, -0.2) is 43.4 Å². The summed E-state index contributed by atoms with van der Waals surface area (Å²) in [4.78, 5) is 18.9. The van der Waals surface area contributed by atoms with E-state index >= 15 is 0 Å². The predicted molar refractivity (Wildman–Crippen MR) is 87.3 cm³/mol. The van der Waals surface area contributed by atoms with Crippen LogP contribution in [-0.2, 0) is 25.9 Å². The van der Waals surface area contributed by atoms with E-state index in [2.05, 4.69) is 19.5 Å². The highest BCUT2D eigenvalue weighted by molar-refractivity contribution is 5.22. The minimum absolute atomic E-state index is 0.0621. The Bertz CT molecular complexity index is 721. The van der Waals surface area contributed by atoms with Crippen LogP contribution in [0.3, 0.4) is 0 Å². The van der Waals surface area contributed by atoms with E-state index in [1.54, 1.807) is 10.7 Å². The molecule has 0 N–H and O–H groups in total. The van der Waals surface area contributed by atoms with Crippen molar-refractivity contribution < 1.29 is 0 Å². The minimum Gasteiger partial charge on any atom is -0.336 e. The molecule has 1 saturated heterocycles. The fourth-order valence-electron chi connectivity index (χ4n) is 3.83. The van der Waals surface area contributed by atoms with E-state index in [0.29, 0.717) is 6.04 Å². The van der Waals surface area contributed by atoms with Gasteiger partial charge in [-0.2, -0.15) is 5.10 Å². The fourth-order valence-corrected chi connectivity index (χ4v) is 3.83. The molecule has 6 heteroatoms. The van der Waals surface area contributed by atoms with Gasteiger partial charge < -0.3 is 4.57 Å². The Morgan fingerprint density at radius 2 is 2.17 bits per heavy atom. The molecule has 1 aliphatic heterocycles. The zero-order chi connectivity index (χ0) is 15.6. The van der Waals surface area contributed by atoms with Gasteiger partial charge in [0.05, 0.1) is 18.6 Å². The number of hydrogen-bond acceptors (Lipinski definition) is 4. The van der Waals surface area contributed by atoms with Gasteiger partial charge in [-0.1, -0.05) is 0 Å². The molecule has 1 unspecified atom stereocenters. The second-order valence-corrected chi connectivity index (χ2v) is 6.62. The van der Waals surface area contributed by atoms with Crippen molar-refractivity contribution in [3.63, 3.8) is 0 Å². The van der Waals surface area contributed by atoms with E-state index in [-0.39, 0.29) is 5.56 Å². The summed E-state index contributed by atoms with van der Waals surface area (Å²) in [6.07, 6.45) is 11.2. The molecule has 4 rings (SSSR count). The maximum absolute atomic E-state index is 12.3. The van der Waals surface area contributed by atoms with E-state index < -0.39 is 0 Å². The summed E-state index contributed by atoms with van der Waals surface area (Å²) in [7, 11) is 0. The van der Waals surface area contributed by atoms with Gasteiger partial charge in [0, 0.05) is 37.6 Å². The second-order valence-electron chi connectivity index (χ2n) is 6.62. The zero-order valence-electron chi connectivity index (χ0n) is 13.4. The van der Waals surface area contributed by atoms with Crippen LogP contribution in [0.25, 0.3) is 0 Å². The van der Waals surface area contributed by atoms with Crippen LogP contribution >= 0.6 is 0 Å². The van der Waals surface area contributed by atoms with Gasteiger partial charge in [0.1, 0.15) is 0 Å². The number of hydrogen-bond donors (Lipinski definition) is 0. The normalized spacial score (nSPS) is 21.0. The van der Waals surface area contributed by atoms with Crippen LogP contribution in [0.5, 0.6) is 0 Å². The summed E-state index contributed by atoms with van der Waals surface area (Å²) in [5.74, 6) is 0. The standard InChI is InChI=1S/C17H23N5O/c23-17-11-14-3-1-5-16(14)19-22(17)12-15-4-2-7-21(15)10-9-20-8-6-18-13-20/h6,8,11,13,15H,1-5,7,9-10,12H2. The van der Waals surface area contributed by atoms with Crippen LogP contribution in [0.4, 0.5) is 0 Å². The topological polar surface area (TPSA) is 56.0 Å². The van der Waals surface area contributed by atoms with Crippen LogP contribution in [0.1, 0.15) is 30.5 Å². The first-order chi connectivity index (χ1) is 11.3. The lowest BCUT2D eigenvalue weighted by Crippen LogP contribution is -2.38. The SMILES string of the molecule is O=c1cc2c(nn1CC1CCCN1CCn1ccnc1)CCC2. The molecule has 0 aromatic carbocycles. The van der Waals surface area contributed by atoms with Crippen LogP contribution in [0.2, 0.25) is 0 Å². The van der Waals surface area contributed by atoms with E-state index in [9.17, 15) is 4.79 Å². The van der Waals surface area contributed by atoms with Crippen LogP contribution < -0.4 is 5.56 Å². The summed E-state index contributed by atoms with van der Waals surface area (Å²) >= 11 is 0. The first-order valence-electron chi connectivity index (χ1n) is 8.59. The van der Waals surface area contributed by atoms with Crippen molar-refractivity contribution in [2.75, 3.05) is 13.1 Å². The molecule has 2 aromatic heterocycles. The molecule has 1 aliphatic carbocycles. The third kappa shape index (κ3) is 3.08. The molecule has 0 bridgehead atoms. The smallest absolute Gasteiger partial charge is 0.267 e. The highest BCUT2D eigenvalue weighted by Gasteiger charge is 2.25. The molecule has 1 atom stereocenters. The molecule has 2 aromatic rings. The maximum Gasteiger partial charge on any atom is 0.267 e. The van der Waals surface area contributed by atoms with Gasteiger partial charge in [-0.15, -0.1) is 0 Å². The first kappa shape index (κ1) is 14.6. The molecule has 6 nitrogen and oxygen atoms in total. The summed E-state index contributed by atoms with van der Waals surface area (Å²) in [5.41, 5.74) is 2.36. The Labute approximate surface area is 135 Å². The molecular formula is C17H23N5O. The highest BCUT2D eigenvalue weighted by Crippen LogP contribution is 2.20. The monoisotopic (exact) mass is 313 g/mol. The maximum atomic E-state index is 12.3. The summed E-state index contributed by atoms with van der Waals surface area (Å²) in [6, 6.07) is 2.23. The Hall–Kier alpha value is -1.95. The molecule has 2 aliphatic rings. The van der Waals surface area contributed by atoms with Gasteiger partial charge in [0.25, 0.3) is 5.56 Å². The Morgan fingerprint density at radius 3 is 3.04 bits per heavy atom. The zero-order valence-corrected chi connectivity index (χ0v) is 13.4. The molecule has 0 spiro atoms. The second kappa shape index (κ2) is 6.28. The number of rotatable bonds is 5. The van der Waals surface area contributed by atoms with Gasteiger partial charge in [-0.25, -0.2) is 9.67 Å². The van der Waals surface area contributed by atoms with Gasteiger partial charge in [0.2, 0.25) is 0 Å². The van der Waals surface area contributed by atoms with Crippen molar-refractivity contribution in [3.8, 4) is 0 Å². The number of fused-ring (bicyclic) bond motifs is 1. The lowest BCUT2D eigenvalue weighted by atomic mass is 10.2. The van der Waals surface area contributed by atoms with E-state index in [0.717, 1.165) is 63.1 Å². The van der Waals surface area contributed by atoms with Gasteiger partial charge >= 0.3 is 0 Å². The summed E-state index contributed by atoms with van der Waals surface area (Å²) in [6.45, 7) is 3.78. The Morgan fingerprint density at radius 1 is 1.22 bits per heavy atom. The van der Waals surface area contributed by atoms with E-state index in [1.807, 2.05) is 18.7 Å². The Kier molecular flexibility index (Phi) is 3.99. The van der Waals surface area contributed by atoms with Crippen molar-refractivity contribution in [2.45, 2.75) is 51.2 Å². The molecule has 0 radical (unpaired) electrons. The van der Waals surface area contributed by atoms with Crippen molar-refractivity contribution in [1.82, 2.24) is 24.2 Å². The van der Waals surface area contributed by atoms with Crippen molar-refractivity contribution in [2.24, 2.45) is 0 Å². The predicted octanol–water partition coefficient (Wildman–Crippen LogP) is 1.09. The Balaban J connectivity index is 1.44. The summed E-state index contributed by atoms with van der Waals surface area (Å²) in [5, 5.41) is 4.62. The van der Waals surface area contributed by atoms with Crippen molar-refractivity contribution >= 4 is 0 Å². The minimum atomic E-state index is 0.0621. The number of nitrogens with zero attached hydrogens (tertiary/aromatic N) is 5. The molecule has 122 valence electrons. The third-order valence-electron chi connectivity index (χ3n) is 5.11. The fraction of sp³-hybridized carbons (Fsp3) is 0.588. The van der Waals surface area contributed by atoms with E-state index in [4.69, 9.17) is 0 Å². The lowest BCUT2D eigenvalue weighted by Gasteiger charge is -2.24. The third-order valence-corrected chi connectivity index (χ3v) is 5.11. The van der Waals surface area contributed by atoms with Crippen LogP contribution in [0, 0.1) is 0 Å². The number of aryl methyl sites for hydroxylation is 2. The number of aromatic nitrogens is 4. The number of likely N-dealkylation sites (tertiary alicyclic amines) is 1. The molecule has 0 saturated carbocycles.